The van der Waals surface area contributed by atoms with Crippen LogP contribution >= 0.6 is 11.3 Å². The molecule has 26 heavy (non-hydrogen) atoms. The molecule has 132 valence electrons. The number of rotatable bonds is 4. The maximum absolute atomic E-state index is 11.7. The van der Waals surface area contributed by atoms with E-state index in [1.54, 1.807) is 33.6 Å². The van der Waals surface area contributed by atoms with E-state index in [4.69, 9.17) is 19.2 Å². The summed E-state index contributed by atoms with van der Waals surface area (Å²) >= 11 is 1.43. The van der Waals surface area contributed by atoms with Crippen molar-refractivity contribution in [2.24, 2.45) is 0 Å². The van der Waals surface area contributed by atoms with E-state index in [-0.39, 0.29) is 5.56 Å². The molecule has 0 aliphatic carbocycles. The molecule has 0 fully saturated rings. The molecular formula is C18H15N3O4S. The number of pyridine rings is 2. The summed E-state index contributed by atoms with van der Waals surface area (Å²) in [5.41, 5.74) is 1.98. The van der Waals surface area contributed by atoms with Crippen LogP contribution in [-0.4, -0.2) is 36.3 Å². The van der Waals surface area contributed by atoms with Crippen molar-refractivity contribution >= 4 is 32.6 Å². The maximum atomic E-state index is 11.7. The Labute approximate surface area is 152 Å². The number of fused-ring (bicyclic) bond motifs is 3. The molecular weight excluding hydrogens is 354 g/mol. The molecule has 0 aliphatic rings. The van der Waals surface area contributed by atoms with Crippen molar-refractivity contribution in [2.45, 2.75) is 0 Å². The van der Waals surface area contributed by atoms with E-state index in [1.165, 1.54) is 17.4 Å². The highest BCUT2D eigenvalue weighted by Crippen LogP contribution is 2.42. The minimum absolute atomic E-state index is 0.174. The summed E-state index contributed by atoms with van der Waals surface area (Å²) < 4.78 is 16.2. The fourth-order valence-corrected chi connectivity index (χ4v) is 3.71. The van der Waals surface area contributed by atoms with Crippen LogP contribution in [0.4, 0.5) is 0 Å². The summed E-state index contributed by atoms with van der Waals surface area (Å²) in [6.45, 7) is 0. The van der Waals surface area contributed by atoms with Crippen molar-refractivity contribution < 1.29 is 14.2 Å². The number of nitrogens with one attached hydrogen (secondary N) is 1. The van der Waals surface area contributed by atoms with Gasteiger partial charge in [-0.2, -0.15) is 0 Å². The number of H-pyrrole nitrogens is 1. The summed E-state index contributed by atoms with van der Waals surface area (Å²) in [7, 11) is 4.70. The summed E-state index contributed by atoms with van der Waals surface area (Å²) in [4.78, 5) is 24.4. The van der Waals surface area contributed by atoms with Gasteiger partial charge in [0, 0.05) is 23.2 Å². The highest BCUT2D eigenvalue weighted by molar-refractivity contribution is 7.21. The van der Waals surface area contributed by atoms with E-state index in [1.807, 2.05) is 12.1 Å². The van der Waals surface area contributed by atoms with Crippen molar-refractivity contribution in [3.63, 3.8) is 0 Å². The minimum Gasteiger partial charge on any atom is -0.493 e. The van der Waals surface area contributed by atoms with E-state index in [9.17, 15) is 4.79 Å². The highest BCUT2D eigenvalue weighted by atomic mass is 32.1. The number of methoxy groups -OCH3 is 3. The second-order valence-corrected chi connectivity index (χ2v) is 6.48. The van der Waals surface area contributed by atoms with Crippen LogP contribution in [0.3, 0.4) is 0 Å². The van der Waals surface area contributed by atoms with Crippen LogP contribution in [0.1, 0.15) is 0 Å². The predicted molar refractivity (Wildman–Crippen MR) is 101 cm³/mol. The Kier molecular flexibility index (Phi) is 3.96. The number of ether oxygens (including phenoxy) is 3. The highest BCUT2D eigenvalue weighted by Gasteiger charge is 2.17. The Morgan fingerprint density at radius 1 is 1.04 bits per heavy atom. The van der Waals surface area contributed by atoms with Crippen molar-refractivity contribution in [3.05, 3.63) is 40.8 Å². The van der Waals surface area contributed by atoms with Crippen molar-refractivity contribution in [2.75, 3.05) is 21.3 Å². The number of hydrogen-bond donors (Lipinski definition) is 1. The SMILES string of the molecule is COc1cc(-c2nc3c(ncc4ccc(=O)[nH]c43)s2)cc(OC)c1OC. The van der Waals surface area contributed by atoms with Crippen LogP contribution < -0.4 is 19.8 Å². The molecule has 0 saturated carbocycles. The van der Waals surface area contributed by atoms with Gasteiger partial charge in [-0.05, 0) is 18.2 Å². The quantitative estimate of drug-likeness (QED) is 0.594. The lowest BCUT2D eigenvalue weighted by Crippen LogP contribution is -2.02. The maximum Gasteiger partial charge on any atom is 0.248 e. The third-order valence-electron chi connectivity index (χ3n) is 4.03. The van der Waals surface area contributed by atoms with Crippen LogP contribution in [0, 0.1) is 0 Å². The van der Waals surface area contributed by atoms with Gasteiger partial charge in [0.25, 0.3) is 0 Å². The molecule has 0 spiro atoms. The Bertz CT molecular complexity index is 1160. The molecule has 7 nitrogen and oxygen atoms in total. The molecule has 0 saturated heterocycles. The number of aromatic nitrogens is 3. The average molecular weight is 369 g/mol. The molecule has 0 radical (unpaired) electrons. The second kappa shape index (κ2) is 6.30. The van der Waals surface area contributed by atoms with Gasteiger partial charge in [-0.1, -0.05) is 11.3 Å². The average Bonchev–Trinajstić information content (AvgIpc) is 3.11. The van der Waals surface area contributed by atoms with Gasteiger partial charge in [0.15, 0.2) is 11.5 Å². The molecule has 0 amide bonds. The fourth-order valence-electron chi connectivity index (χ4n) is 2.81. The van der Waals surface area contributed by atoms with Crippen LogP contribution in [0.25, 0.3) is 31.8 Å². The van der Waals surface area contributed by atoms with E-state index in [2.05, 4.69) is 9.97 Å². The standard InChI is InChI=1S/C18H15N3O4S/c1-23-11-6-10(7-12(24-2)16(11)25-3)17-21-15-14-9(4-5-13(22)20-14)8-19-18(15)26-17/h4-8H,1-3H3,(H,20,22). The first-order valence-electron chi connectivity index (χ1n) is 7.73. The largest absolute Gasteiger partial charge is 0.493 e. The Hall–Kier alpha value is -3.13. The van der Waals surface area contributed by atoms with Crippen molar-refractivity contribution in [3.8, 4) is 27.8 Å². The number of nitrogens with zero attached hydrogens (tertiary/aromatic N) is 2. The molecule has 1 N–H and O–H groups in total. The molecule has 0 atom stereocenters. The van der Waals surface area contributed by atoms with Gasteiger partial charge in [0.2, 0.25) is 11.3 Å². The topological polar surface area (TPSA) is 86.3 Å². The first kappa shape index (κ1) is 16.3. The van der Waals surface area contributed by atoms with Crippen LogP contribution in [0.2, 0.25) is 0 Å². The molecule has 8 heteroatoms. The fraction of sp³-hybridized carbons (Fsp3) is 0.167. The third-order valence-corrected chi connectivity index (χ3v) is 5.04. The number of aromatic amines is 1. The van der Waals surface area contributed by atoms with Gasteiger partial charge in [-0.25, -0.2) is 9.97 Å². The lowest BCUT2D eigenvalue weighted by molar-refractivity contribution is 0.324. The number of thiazole rings is 1. The summed E-state index contributed by atoms with van der Waals surface area (Å²) in [6, 6.07) is 6.88. The van der Waals surface area contributed by atoms with Gasteiger partial charge in [-0.3, -0.25) is 4.79 Å². The van der Waals surface area contributed by atoms with Crippen molar-refractivity contribution in [1.82, 2.24) is 15.0 Å². The monoisotopic (exact) mass is 369 g/mol. The normalized spacial score (nSPS) is 11.0. The molecule has 0 aliphatic heterocycles. The zero-order valence-corrected chi connectivity index (χ0v) is 15.1. The minimum atomic E-state index is -0.174. The van der Waals surface area contributed by atoms with Gasteiger partial charge in [0.1, 0.15) is 15.4 Å². The zero-order valence-electron chi connectivity index (χ0n) is 14.3. The van der Waals surface area contributed by atoms with Gasteiger partial charge >= 0.3 is 0 Å². The zero-order chi connectivity index (χ0) is 18.3. The van der Waals surface area contributed by atoms with Crippen LogP contribution in [-0.2, 0) is 0 Å². The predicted octanol–water partition coefficient (Wildman–Crippen LogP) is 3.23. The molecule has 3 aromatic heterocycles. The van der Waals surface area contributed by atoms with Crippen molar-refractivity contribution in [1.29, 1.82) is 0 Å². The number of hydrogen-bond acceptors (Lipinski definition) is 7. The first-order valence-corrected chi connectivity index (χ1v) is 8.55. The van der Waals surface area contributed by atoms with Gasteiger partial charge in [0.05, 0.1) is 26.8 Å². The Morgan fingerprint density at radius 3 is 2.42 bits per heavy atom. The number of benzene rings is 1. The van der Waals surface area contributed by atoms with Gasteiger partial charge in [-0.15, -0.1) is 0 Å². The van der Waals surface area contributed by atoms with Crippen LogP contribution in [0.15, 0.2) is 35.3 Å². The third kappa shape index (κ3) is 2.55. The Balaban J connectivity index is 1.96. The van der Waals surface area contributed by atoms with E-state index >= 15 is 0 Å². The van der Waals surface area contributed by atoms with Gasteiger partial charge < -0.3 is 19.2 Å². The van der Waals surface area contributed by atoms with E-state index in [0.717, 1.165) is 20.8 Å². The lowest BCUT2D eigenvalue weighted by atomic mass is 10.2. The molecule has 0 bridgehead atoms. The van der Waals surface area contributed by atoms with Crippen LogP contribution in [0.5, 0.6) is 17.2 Å². The summed E-state index contributed by atoms with van der Waals surface area (Å²) in [6.07, 6.45) is 1.73. The molecule has 3 heterocycles. The molecule has 4 aromatic rings. The molecule has 1 aromatic carbocycles. The molecule has 0 unspecified atom stereocenters. The summed E-state index contributed by atoms with van der Waals surface area (Å²) in [5, 5.41) is 1.57. The van der Waals surface area contributed by atoms with E-state index in [0.29, 0.717) is 28.3 Å². The summed E-state index contributed by atoms with van der Waals surface area (Å²) in [5.74, 6) is 1.62. The smallest absolute Gasteiger partial charge is 0.248 e. The second-order valence-electron chi connectivity index (χ2n) is 5.50. The Morgan fingerprint density at radius 2 is 1.77 bits per heavy atom. The van der Waals surface area contributed by atoms with E-state index < -0.39 is 0 Å². The first-order chi connectivity index (χ1) is 12.6. The molecule has 4 rings (SSSR count). The lowest BCUT2D eigenvalue weighted by Gasteiger charge is -2.13.